The van der Waals surface area contributed by atoms with E-state index in [2.05, 4.69) is 10.4 Å². The first kappa shape index (κ1) is 15.5. The molecule has 1 heterocycles. The highest BCUT2D eigenvalue weighted by molar-refractivity contribution is 6.31. The molecule has 0 aliphatic carbocycles. The number of anilines is 1. The minimum absolute atomic E-state index is 0.108. The first-order valence-corrected chi connectivity index (χ1v) is 7.21. The molecule has 2 rings (SSSR count). The minimum Gasteiger partial charge on any atom is -0.330 e. The number of nitrogens with zero attached hydrogens (tertiary/aromatic N) is 2. The lowest BCUT2D eigenvalue weighted by Crippen LogP contribution is -2.33. The zero-order valence-corrected chi connectivity index (χ0v) is 12.8. The second-order valence-electron chi connectivity index (χ2n) is 5.19. The summed E-state index contributed by atoms with van der Waals surface area (Å²) in [6.45, 7) is 4.26. The molecule has 1 atom stereocenters. The van der Waals surface area contributed by atoms with Crippen molar-refractivity contribution in [3.05, 3.63) is 41.7 Å². The van der Waals surface area contributed by atoms with Gasteiger partial charge in [0.15, 0.2) is 0 Å². The van der Waals surface area contributed by atoms with Crippen LogP contribution in [0.15, 0.2) is 36.7 Å². The molecule has 6 heteroatoms. The maximum atomic E-state index is 12.4. The fraction of sp³-hybridized carbons (Fsp3) is 0.333. The predicted molar refractivity (Wildman–Crippen MR) is 84.6 cm³/mol. The maximum absolute atomic E-state index is 12.4. The van der Waals surface area contributed by atoms with Gasteiger partial charge in [-0.15, -0.1) is 0 Å². The first-order chi connectivity index (χ1) is 10.0. The predicted octanol–water partition coefficient (Wildman–Crippen LogP) is 2.70. The fourth-order valence-corrected chi connectivity index (χ4v) is 2.30. The van der Waals surface area contributed by atoms with Gasteiger partial charge >= 0.3 is 0 Å². The highest BCUT2D eigenvalue weighted by Crippen LogP contribution is 2.25. The van der Waals surface area contributed by atoms with Crippen molar-refractivity contribution in [2.45, 2.75) is 13.8 Å². The lowest BCUT2D eigenvalue weighted by atomic mass is 9.95. The van der Waals surface area contributed by atoms with Crippen LogP contribution in [0.25, 0.3) is 5.69 Å². The summed E-state index contributed by atoms with van der Waals surface area (Å²) >= 11 is 6.03. The van der Waals surface area contributed by atoms with Crippen molar-refractivity contribution in [1.82, 2.24) is 9.78 Å². The summed E-state index contributed by atoms with van der Waals surface area (Å²) in [7, 11) is 0. The molecular weight excluding hydrogens is 288 g/mol. The second kappa shape index (κ2) is 6.74. The maximum Gasteiger partial charge on any atom is 0.229 e. The van der Waals surface area contributed by atoms with Gasteiger partial charge in [-0.2, -0.15) is 5.10 Å². The van der Waals surface area contributed by atoms with Crippen molar-refractivity contribution in [3.63, 3.8) is 0 Å². The van der Waals surface area contributed by atoms with Crippen molar-refractivity contribution in [2.24, 2.45) is 17.6 Å². The summed E-state index contributed by atoms with van der Waals surface area (Å²) in [6.07, 6.45) is 3.48. The quantitative estimate of drug-likeness (QED) is 0.892. The summed E-state index contributed by atoms with van der Waals surface area (Å²) in [5.74, 6) is -0.181. The van der Waals surface area contributed by atoms with Gasteiger partial charge < -0.3 is 11.1 Å². The van der Waals surface area contributed by atoms with E-state index in [9.17, 15) is 4.79 Å². The molecule has 0 aliphatic heterocycles. The van der Waals surface area contributed by atoms with Crippen LogP contribution in [-0.2, 0) is 4.79 Å². The van der Waals surface area contributed by atoms with Gasteiger partial charge in [-0.25, -0.2) is 4.68 Å². The van der Waals surface area contributed by atoms with Gasteiger partial charge in [0.05, 0.1) is 17.3 Å². The molecule has 21 heavy (non-hydrogen) atoms. The van der Waals surface area contributed by atoms with Crippen LogP contribution in [-0.4, -0.2) is 22.2 Å². The van der Waals surface area contributed by atoms with Crippen LogP contribution in [0.4, 0.5) is 5.69 Å². The Bertz CT molecular complexity index is 610. The van der Waals surface area contributed by atoms with Crippen LogP contribution < -0.4 is 11.1 Å². The topological polar surface area (TPSA) is 72.9 Å². The third-order valence-electron chi connectivity index (χ3n) is 3.36. The minimum atomic E-state index is -0.241. The molecule has 0 saturated heterocycles. The molecule has 5 nitrogen and oxygen atoms in total. The third-order valence-corrected chi connectivity index (χ3v) is 3.60. The molecule has 0 radical (unpaired) electrons. The molecule has 0 bridgehead atoms. The number of hydrogen-bond donors (Lipinski definition) is 2. The van der Waals surface area contributed by atoms with Crippen LogP contribution in [0.1, 0.15) is 13.8 Å². The first-order valence-electron chi connectivity index (χ1n) is 6.83. The Hall–Kier alpha value is -1.85. The van der Waals surface area contributed by atoms with Gasteiger partial charge in [-0.05, 0) is 30.2 Å². The molecule has 1 unspecified atom stereocenters. The van der Waals surface area contributed by atoms with E-state index in [1.165, 1.54) is 0 Å². The number of hydrogen-bond acceptors (Lipinski definition) is 3. The zero-order valence-electron chi connectivity index (χ0n) is 12.1. The number of aromatic nitrogens is 2. The average Bonchev–Trinajstić information content (AvgIpc) is 2.93. The number of halogens is 1. The van der Waals surface area contributed by atoms with Crippen LogP contribution >= 0.6 is 11.6 Å². The lowest BCUT2D eigenvalue weighted by molar-refractivity contribution is -0.120. The normalized spacial score (nSPS) is 12.4. The molecule has 0 fully saturated rings. The summed E-state index contributed by atoms with van der Waals surface area (Å²) in [5.41, 5.74) is 7.07. The monoisotopic (exact) mass is 306 g/mol. The summed E-state index contributed by atoms with van der Waals surface area (Å²) in [4.78, 5) is 12.4. The number of carbonyl (C=O) groups is 1. The molecule has 0 aliphatic rings. The third kappa shape index (κ3) is 3.62. The Morgan fingerprint density at radius 3 is 2.81 bits per heavy atom. The molecule has 1 aromatic carbocycles. The van der Waals surface area contributed by atoms with E-state index in [1.54, 1.807) is 23.0 Å². The van der Waals surface area contributed by atoms with Gasteiger partial charge in [-0.3, -0.25) is 4.79 Å². The highest BCUT2D eigenvalue weighted by Gasteiger charge is 2.21. The standard InChI is InChI=1S/C15H19ClN4O/c1-10(2)12(9-17)15(21)19-13-8-11(16)4-5-14(13)20-7-3-6-18-20/h3-8,10,12H,9,17H2,1-2H3,(H,19,21). The molecule has 1 amide bonds. The van der Waals surface area contributed by atoms with E-state index in [4.69, 9.17) is 17.3 Å². The van der Waals surface area contributed by atoms with E-state index < -0.39 is 0 Å². The Kier molecular flexibility index (Phi) is 4.98. The summed E-state index contributed by atoms with van der Waals surface area (Å²) in [5, 5.41) is 7.64. The van der Waals surface area contributed by atoms with Gasteiger partial charge in [0, 0.05) is 24.0 Å². The number of nitrogens with one attached hydrogen (secondary N) is 1. The number of benzene rings is 1. The number of carbonyl (C=O) groups excluding carboxylic acids is 1. The smallest absolute Gasteiger partial charge is 0.229 e. The molecule has 2 aromatic rings. The molecular formula is C15H19ClN4O. The zero-order chi connectivity index (χ0) is 15.4. The fourth-order valence-electron chi connectivity index (χ4n) is 2.13. The molecule has 0 spiro atoms. The van der Waals surface area contributed by atoms with Crippen molar-refractivity contribution in [2.75, 3.05) is 11.9 Å². The van der Waals surface area contributed by atoms with Crippen LogP contribution in [0.5, 0.6) is 0 Å². The largest absolute Gasteiger partial charge is 0.330 e. The molecule has 0 saturated carbocycles. The SMILES string of the molecule is CC(C)C(CN)C(=O)Nc1cc(Cl)ccc1-n1cccn1. The van der Waals surface area contributed by atoms with Crippen LogP contribution in [0.3, 0.4) is 0 Å². The van der Waals surface area contributed by atoms with Crippen molar-refractivity contribution in [1.29, 1.82) is 0 Å². The molecule has 1 aromatic heterocycles. The van der Waals surface area contributed by atoms with Crippen molar-refractivity contribution < 1.29 is 4.79 Å². The Morgan fingerprint density at radius 2 is 2.24 bits per heavy atom. The van der Waals surface area contributed by atoms with E-state index in [0.717, 1.165) is 5.69 Å². The lowest BCUT2D eigenvalue weighted by Gasteiger charge is -2.19. The number of amides is 1. The Labute approximate surface area is 129 Å². The van der Waals surface area contributed by atoms with Crippen molar-refractivity contribution in [3.8, 4) is 5.69 Å². The molecule has 3 N–H and O–H groups in total. The van der Waals surface area contributed by atoms with Gasteiger partial charge in [0.1, 0.15) is 0 Å². The van der Waals surface area contributed by atoms with Crippen LogP contribution in [0.2, 0.25) is 5.02 Å². The van der Waals surface area contributed by atoms with E-state index in [0.29, 0.717) is 17.3 Å². The second-order valence-corrected chi connectivity index (χ2v) is 5.62. The van der Waals surface area contributed by atoms with E-state index in [-0.39, 0.29) is 17.7 Å². The van der Waals surface area contributed by atoms with Gasteiger partial charge in [0.25, 0.3) is 0 Å². The Morgan fingerprint density at radius 1 is 1.48 bits per heavy atom. The van der Waals surface area contributed by atoms with E-state index in [1.807, 2.05) is 32.2 Å². The van der Waals surface area contributed by atoms with Crippen molar-refractivity contribution >= 4 is 23.2 Å². The van der Waals surface area contributed by atoms with Gasteiger partial charge in [-0.1, -0.05) is 25.4 Å². The summed E-state index contributed by atoms with van der Waals surface area (Å²) in [6, 6.07) is 7.11. The number of rotatable bonds is 5. The molecule has 112 valence electrons. The van der Waals surface area contributed by atoms with Gasteiger partial charge in [0.2, 0.25) is 5.91 Å². The number of nitrogens with two attached hydrogens (primary N) is 1. The summed E-state index contributed by atoms with van der Waals surface area (Å²) < 4.78 is 1.68. The van der Waals surface area contributed by atoms with Crippen LogP contribution in [0, 0.1) is 11.8 Å². The average molecular weight is 307 g/mol. The Balaban J connectivity index is 2.31. The highest BCUT2D eigenvalue weighted by atomic mass is 35.5. The van der Waals surface area contributed by atoms with E-state index >= 15 is 0 Å².